The molecule has 0 aliphatic heterocycles. The van der Waals surface area contributed by atoms with Gasteiger partial charge in [-0.05, 0) is 36.2 Å². The number of rotatable bonds is 7. The predicted molar refractivity (Wildman–Crippen MR) is 115 cm³/mol. The summed E-state index contributed by atoms with van der Waals surface area (Å²) in [5, 5.41) is 7.05. The van der Waals surface area contributed by atoms with Gasteiger partial charge in [0, 0.05) is 36.9 Å². The molecule has 2 aromatic rings. The minimum atomic E-state index is -2.90. The van der Waals surface area contributed by atoms with Gasteiger partial charge < -0.3 is 15.4 Å². The third-order valence-electron chi connectivity index (χ3n) is 3.40. The van der Waals surface area contributed by atoms with Crippen LogP contribution in [0.15, 0.2) is 41.5 Å². The van der Waals surface area contributed by atoms with E-state index in [0.29, 0.717) is 28.2 Å². The smallest absolute Gasteiger partial charge is 0.387 e. The summed E-state index contributed by atoms with van der Waals surface area (Å²) in [6.07, 6.45) is 2.43. The molecule has 148 valence electrons. The summed E-state index contributed by atoms with van der Waals surface area (Å²) >= 11 is 11.7. The standard InChI is InChI=1S/C17H18Cl2F2N4O.HI/c1-22-17(23-7-6-11-2-5-15(19)24-9-11)25-10-12-8-13(18)3-4-14(12)26-16(20)21;/h2-5,8-9,16H,6-7,10H2,1H3,(H2,22,23,25);1H. The summed E-state index contributed by atoms with van der Waals surface area (Å²) < 4.78 is 29.5. The van der Waals surface area contributed by atoms with Gasteiger partial charge in [-0.2, -0.15) is 8.78 Å². The third-order valence-corrected chi connectivity index (χ3v) is 3.86. The summed E-state index contributed by atoms with van der Waals surface area (Å²) in [6, 6.07) is 8.10. The molecule has 0 unspecified atom stereocenters. The van der Waals surface area contributed by atoms with Gasteiger partial charge in [0.1, 0.15) is 10.9 Å². The highest BCUT2D eigenvalue weighted by Crippen LogP contribution is 2.24. The number of ether oxygens (including phenoxy) is 1. The average Bonchev–Trinajstić information content (AvgIpc) is 2.61. The van der Waals surface area contributed by atoms with Crippen molar-refractivity contribution in [3.63, 3.8) is 0 Å². The van der Waals surface area contributed by atoms with Crippen molar-refractivity contribution in [3.05, 3.63) is 57.8 Å². The molecule has 1 aromatic heterocycles. The SMILES string of the molecule is CN=C(NCCc1ccc(Cl)nc1)NCc1cc(Cl)ccc1OC(F)F.I. The molecule has 1 heterocycles. The van der Waals surface area contributed by atoms with E-state index in [1.807, 2.05) is 6.07 Å². The topological polar surface area (TPSA) is 58.5 Å². The van der Waals surface area contributed by atoms with Crippen molar-refractivity contribution in [2.45, 2.75) is 19.6 Å². The van der Waals surface area contributed by atoms with Crippen LogP contribution in [0.5, 0.6) is 5.75 Å². The molecule has 2 rings (SSSR count). The van der Waals surface area contributed by atoms with E-state index in [-0.39, 0.29) is 36.3 Å². The van der Waals surface area contributed by atoms with Crippen molar-refractivity contribution in [1.29, 1.82) is 0 Å². The Kier molecular flexibility index (Phi) is 10.6. The quantitative estimate of drug-likeness (QED) is 0.239. The fourth-order valence-electron chi connectivity index (χ4n) is 2.18. The second-order valence-corrected chi connectivity index (χ2v) is 6.05. The summed E-state index contributed by atoms with van der Waals surface area (Å²) in [6.45, 7) is -2.07. The normalized spacial score (nSPS) is 11.1. The van der Waals surface area contributed by atoms with Crippen LogP contribution in [0.4, 0.5) is 8.78 Å². The Morgan fingerprint density at radius 1 is 1.22 bits per heavy atom. The van der Waals surface area contributed by atoms with Crippen molar-refractivity contribution < 1.29 is 13.5 Å². The highest BCUT2D eigenvalue weighted by molar-refractivity contribution is 14.0. The minimum Gasteiger partial charge on any atom is -0.434 e. The summed E-state index contributed by atoms with van der Waals surface area (Å²) in [5.41, 5.74) is 1.53. The zero-order valence-corrected chi connectivity index (χ0v) is 18.2. The molecule has 0 radical (unpaired) electrons. The van der Waals surface area contributed by atoms with Crippen molar-refractivity contribution in [3.8, 4) is 5.75 Å². The maximum absolute atomic E-state index is 12.5. The number of nitrogens with zero attached hydrogens (tertiary/aromatic N) is 2. The molecule has 1 aromatic carbocycles. The highest BCUT2D eigenvalue weighted by atomic mass is 127. The molecule has 0 spiro atoms. The Bertz CT molecular complexity index is 748. The molecule has 0 atom stereocenters. The lowest BCUT2D eigenvalue weighted by Gasteiger charge is -2.15. The van der Waals surface area contributed by atoms with Crippen LogP contribution < -0.4 is 15.4 Å². The van der Waals surface area contributed by atoms with E-state index < -0.39 is 6.61 Å². The summed E-state index contributed by atoms with van der Waals surface area (Å²) in [5.74, 6) is 0.592. The van der Waals surface area contributed by atoms with Crippen molar-refractivity contribution >= 4 is 53.1 Å². The van der Waals surface area contributed by atoms with E-state index in [0.717, 1.165) is 12.0 Å². The van der Waals surface area contributed by atoms with Crippen molar-refractivity contribution in [2.24, 2.45) is 4.99 Å². The second kappa shape index (κ2) is 12.1. The first-order valence-corrected chi connectivity index (χ1v) is 8.51. The molecule has 0 aliphatic carbocycles. The number of hydrogen-bond acceptors (Lipinski definition) is 3. The number of aliphatic imine (C=N–C) groups is 1. The van der Waals surface area contributed by atoms with Gasteiger partial charge in [-0.1, -0.05) is 29.3 Å². The van der Waals surface area contributed by atoms with Crippen molar-refractivity contribution in [2.75, 3.05) is 13.6 Å². The van der Waals surface area contributed by atoms with Crippen LogP contribution in [-0.4, -0.2) is 31.1 Å². The zero-order chi connectivity index (χ0) is 18.9. The monoisotopic (exact) mass is 530 g/mol. The number of benzene rings is 1. The average molecular weight is 531 g/mol. The van der Waals surface area contributed by atoms with Crippen LogP contribution >= 0.6 is 47.2 Å². The van der Waals surface area contributed by atoms with Gasteiger partial charge in [0.15, 0.2) is 5.96 Å². The van der Waals surface area contributed by atoms with E-state index in [9.17, 15) is 8.78 Å². The van der Waals surface area contributed by atoms with E-state index in [4.69, 9.17) is 23.2 Å². The molecule has 10 heteroatoms. The Morgan fingerprint density at radius 3 is 2.63 bits per heavy atom. The summed E-state index contributed by atoms with van der Waals surface area (Å²) in [7, 11) is 1.62. The number of aromatic nitrogens is 1. The lowest BCUT2D eigenvalue weighted by atomic mass is 10.2. The molecule has 2 N–H and O–H groups in total. The van der Waals surface area contributed by atoms with E-state index in [2.05, 4.69) is 25.3 Å². The molecular weight excluding hydrogens is 512 g/mol. The molecular formula is C17H19Cl2F2IN4O. The zero-order valence-electron chi connectivity index (χ0n) is 14.4. The fourth-order valence-corrected chi connectivity index (χ4v) is 2.48. The van der Waals surface area contributed by atoms with Gasteiger partial charge in [0.2, 0.25) is 0 Å². The lowest BCUT2D eigenvalue weighted by Crippen LogP contribution is -2.38. The third kappa shape index (κ3) is 8.44. The maximum atomic E-state index is 12.5. The van der Waals surface area contributed by atoms with Crippen molar-refractivity contribution in [1.82, 2.24) is 15.6 Å². The first kappa shape index (κ1) is 23.6. The molecule has 0 saturated carbocycles. The Balaban J connectivity index is 0.00000364. The number of guanidine groups is 1. The van der Waals surface area contributed by atoms with E-state index in [1.54, 1.807) is 25.4 Å². The lowest BCUT2D eigenvalue weighted by molar-refractivity contribution is -0.0504. The van der Waals surface area contributed by atoms with Gasteiger partial charge in [0.05, 0.1) is 0 Å². The molecule has 27 heavy (non-hydrogen) atoms. The molecule has 0 saturated heterocycles. The fraction of sp³-hybridized carbons (Fsp3) is 0.294. The number of nitrogens with one attached hydrogen (secondary N) is 2. The van der Waals surface area contributed by atoms with Gasteiger partial charge in [-0.3, -0.25) is 4.99 Å². The first-order valence-electron chi connectivity index (χ1n) is 7.76. The molecule has 0 fully saturated rings. The van der Waals surface area contributed by atoms with Gasteiger partial charge >= 0.3 is 6.61 Å². The van der Waals surface area contributed by atoms with Crippen LogP contribution in [0.2, 0.25) is 10.2 Å². The van der Waals surface area contributed by atoms with Gasteiger partial charge in [0.25, 0.3) is 0 Å². The predicted octanol–water partition coefficient (Wildman–Crippen LogP) is 4.52. The van der Waals surface area contributed by atoms with Crippen LogP contribution in [0.3, 0.4) is 0 Å². The van der Waals surface area contributed by atoms with Crippen LogP contribution in [0.25, 0.3) is 0 Å². The second-order valence-electron chi connectivity index (χ2n) is 5.22. The van der Waals surface area contributed by atoms with E-state index in [1.165, 1.54) is 12.1 Å². The molecule has 5 nitrogen and oxygen atoms in total. The van der Waals surface area contributed by atoms with Gasteiger partial charge in [-0.25, -0.2) is 4.98 Å². The molecule has 0 bridgehead atoms. The van der Waals surface area contributed by atoms with Crippen LogP contribution in [-0.2, 0) is 13.0 Å². The Morgan fingerprint density at radius 2 is 2.00 bits per heavy atom. The van der Waals surface area contributed by atoms with Crippen LogP contribution in [0.1, 0.15) is 11.1 Å². The highest BCUT2D eigenvalue weighted by Gasteiger charge is 2.11. The van der Waals surface area contributed by atoms with Gasteiger partial charge in [-0.15, -0.1) is 24.0 Å². The Hall–Kier alpha value is -1.39. The summed E-state index contributed by atoms with van der Waals surface area (Å²) in [4.78, 5) is 8.12. The maximum Gasteiger partial charge on any atom is 0.387 e. The number of pyridine rings is 1. The van der Waals surface area contributed by atoms with Crippen LogP contribution in [0, 0.1) is 0 Å². The Labute approximate surface area is 183 Å². The largest absolute Gasteiger partial charge is 0.434 e. The number of alkyl halides is 2. The molecule has 0 amide bonds. The minimum absolute atomic E-state index is 0. The van der Waals surface area contributed by atoms with E-state index >= 15 is 0 Å². The first-order chi connectivity index (χ1) is 12.5. The number of halogens is 5. The number of hydrogen-bond donors (Lipinski definition) is 2. The molecule has 0 aliphatic rings.